The van der Waals surface area contributed by atoms with Crippen molar-refractivity contribution in [3.8, 4) is 27.3 Å². The number of pyridine rings is 1. The Morgan fingerprint density at radius 3 is 2.47 bits per heavy atom. The van der Waals surface area contributed by atoms with Gasteiger partial charge in [0.05, 0.1) is 52.4 Å². The van der Waals surface area contributed by atoms with Crippen LogP contribution in [0.25, 0.3) is 32.6 Å². The minimum Gasteiger partial charge on any atom is -0.491 e. The molecule has 1 fully saturated rings. The van der Waals surface area contributed by atoms with Crippen LogP contribution in [0.1, 0.15) is 74.1 Å². The average molecular weight is 1000 g/mol. The minimum atomic E-state index is -3.93. The maximum atomic E-state index is 15.5. The summed E-state index contributed by atoms with van der Waals surface area (Å²) in [5.41, 5.74) is 3.85. The molecule has 6 aromatic rings. The van der Waals surface area contributed by atoms with Crippen molar-refractivity contribution in [3.05, 3.63) is 119 Å². The number of anilines is 1. The predicted octanol–water partition coefficient (Wildman–Crippen LogP) is 6.92. The van der Waals surface area contributed by atoms with Gasteiger partial charge in [-0.05, 0) is 65.8 Å². The maximum absolute atomic E-state index is 15.5. The number of nitrogens with one attached hydrogen (secondary N) is 4. The molecule has 5 N–H and O–H groups in total. The van der Waals surface area contributed by atoms with Crippen molar-refractivity contribution >= 4 is 61.6 Å². The SMILES string of the molecule is CCCS(=O)(=O)Nc1ccc(F)c(C(=O)c2c[nH]c3ncc(-c4cccc(OCCOCCC(=O)NC(C(=O)N5C[C@H](O)C[C@H]5C(=O)NCc5ccc(-c6scnc6C)cc5)C(C)(C)C)c4)cc23)c1F. The molecule has 1 unspecified atom stereocenters. The normalized spacial score (nSPS) is 15.5. The molecule has 0 spiro atoms. The average Bonchev–Trinajstić information content (AvgIpc) is 4.07. The number of ether oxygens (including phenoxy) is 2. The van der Waals surface area contributed by atoms with E-state index < -0.39 is 80.0 Å². The summed E-state index contributed by atoms with van der Waals surface area (Å²) in [6.07, 6.45) is 2.20. The molecule has 0 aliphatic carbocycles. The van der Waals surface area contributed by atoms with E-state index in [1.807, 2.05) is 52.0 Å². The first-order valence-electron chi connectivity index (χ1n) is 22.7. The Morgan fingerprint density at radius 1 is 0.986 bits per heavy atom. The summed E-state index contributed by atoms with van der Waals surface area (Å²) >= 11 is 1.55. The van der Waals surface area contributed by atoms with Crippen LogP contribution in [0.15, 0.2) is 84.6 Å². The predicted molar refractivity (Wildman–Crippen MR) is 262 cm³/mol. The highest BCUT2D eigenvalue weighted by atomic mass is 32.2. The summed E-state index contributed by atoms with van der Waals surface area (Å²) in [7, 11) is -3.93. The van der Waals surface area contributed by atoms with Crippen molar-refractivity contribution in [1.82, 2.24) is 30.5 Å². The fraction of sp³-hybridized carbons (Fsp3) is 0.360. The monoisotopic (exact) mass is 999 g/mol. The molecule has 70 heavy (non-hydrogen) atoms. The molecule has 7 rings (SSSR count). The zero-order valence-electron chi connectivity index (χ0n) is 39.3. The van der Waals surface area contributed by atoms with Crippen molar-refractivity contribution in [3.63, 3.8) is 0 Å². The molecular weight excluding hydrogens is 945 g/mol. The van der Waals surface area contributed by atoms with Gasteiger partial charge in [-0.3, -0.25) is 23.9 Å². The maximum Gasteiger partial charge on any atom is 0.246 e. The van der Waals surface area contributed by atoms with E-state index in [1.165, 1.54) is 11.1 Å². The van der Waals surface area contributed by atoms with Gasteiger partial charge < -0.3 is 35.1 Å². The Hall–Kier alpha value is -6.61. The molecule has 0 bridgehead atoms. The van der Waals surface area contributed by atoms with Crippen LogP contribution < -0.4 is 20.1 Å². The number of rotatable bonds is 20. The van der Waals surface area contributed by atoms with Crippen LogP contribution in [0.3, 0.4) is 0 Å². The van der Waals surface area contributed by atoms with Gasteiger partial charge in [0, 0.05) is 54.8 Å². The van der Waals surface area contributed by atoms with Crippen LogP contribution in [-0.2, 0) is 35.7 Å². The molecule has 4 heterocycles. The minimum absolute atomic E-state index is 0.0223. The molecule has 0 radical (unpaired) electrons. The van der Waals surface area contributed by atoms with Gasteiger partial charge in [-0.2, -0.15) is 0 Å². The lowest BCUT2D eigenvalue weighted by Gasteiger charge is -2.35. The number of sulfonamides is 1. The van der Waals surface area contributed by atoms with Gasteiger partial charge in [0.2, 0.25) is 33.5 Å². The number of hydrogen-bond acceptors (Lipinski definition) is 12. The molecule has 16 nitrogen and oxygen atoms in total. The molecule has 3 amide bonds. The van der Waals surface area contributed by atoms with Gasteiger partial charge in [0.25, 0.3) is 0 Å². The molecule has 1 aliphatic heterocycles. The summed E-state index contributed by atoms with van der Waals surface area (Å²) in [5.74, 6) is -4.63. The quantitative estimate of drug-likeness (QED) is 0.0390. The number of likely N-dealkylation sites (tertiary alicyclic amines) is 1. The van der Waals surface area contributed by atoms with Gasteiger partial charge >= 0.3 is 0 Å². The molecular formula is C50H55F2N7O9S2. The number of hydrogen-bond donors (Lipinski definition) is 5. The summed E-state index contributed by atoms with van der Waals surface area (Å²) in [4.78, 5) is 68.3. The Balaban J connectivity index is 0.898. The van der Waals surface area contributed by atoms with E-state index in [9.17, 15) is 32.7 Å². The second-order valence-electron chi connectivity index (χ2n) is 18.0. The number of amides is 3. The smallest absolute Gasteiger partial charge is 0.246 e. The largest absolute Gasteiger partial charge is 0.491 e. The number of aliphatic hydroxyl groups is 1. The van der Waals surface area contributed by atoms with Gasteiger partial charge in [0.1, 0.15) is 35.9 Å². The second kappa shape index (κ2) is 22.0. The van der Waals surface area contributed by atoms with Crippen molar-refractivity contribution < 1.29 is 51.0 Å². The highest BCUT2D eigenvalue weighted by Crippen LogP contribution is 2.32. The Kier molecular flexibility index (Phi) is 16.1. The van der Waals surface area contributed by atoms with E-state index in [0.29, 0.717) is 16.9 Å². The molecule has 20 heteroatoms. The van der Waals surface area contributed by atoms with Crippen LogP contribution >= 0.6 is 11.3 Å². The topological polar surface area (TPSA) is 222 Å². The number of benzene rings is 3. The van der Waals surface area contributed by atoms with Gasteiger partial charge in [-0.1, -0.05) is 64.1 Å². The van der Waals surface area contributed by atoms with Crippen molar-refractivity contribution in [2.45, 2.75) is 78.6 Å². The molecule has 0 saturated carbocycles. The first-order valence-corrected chi connectivity index (χ1v) is 25.2. The lowest BCUT2D eigenvalue weighted by molar-refractivity contribution is -0.144. The third-order valence-electron chi connectivity index (χ3n) is 11.7. The zero-order valence-corrected chi connectivity index (χ0v) is 40.9. The Morgan fingerprint density at radius 2 is 1.76 bits per heavy atom. The van der Waals surface area contributed by atoms with Crippen molar-refractivity contribution in [2.75, 3.05) is 36.8 Å². The number of carbonyl (C=O) groups is 4. The number of aromatic nitrogens is 3. The van der Waals surface area contributed by atoms with Gasteiger partial charge in [0.15, 0.2) is 5.82 Å². The number of thiazole rings is 1. The number of H-pyrrole nitrogens is 1. The molecule has 3 aromatic carbocycles. The van der Waals surface area contributed by atoms with Crippen molar-refractivity contribution in [1.29, 1.82) is 0 Å². The first-order chi connectivity index (χ1) is 33.3. The summed E-state index contributed by atoms with van der Waals surface area (Å²) in [6.45, 7) is 9.44. The third kappa shape index (κ3) is 12.2. The van der Waals surface area contributed by atoms with E-state index in [-0.39, 0.29) is 74.5 Å². The van der Waals surface area contributed by atoms with E-state index in [4.69, 9.17) is 9.47 Å². The van der Waals surface area contributed by atoms with Gasteiger partial charge in [-0.15, -0.1) is 11.3 Å². The lowest BCUT2D eigenvalue weighted by Crippen LogP contribution is -2.57. The molecule has 3 atom stereocenters. The first kappa shape index (κ1) is 51.2. The molecule has 1 saturated heterocycles. The van der Waals surface area contributed by atoms with E-state index in [1.54, 1.807) is 60.3 Å². The highest BCUT2D eigenvalue weighted by molar-refractivity contribution is 7.92. The number of fused-ring (bicyclic) bond motifs is 1. The molecule has 1 aliphatic rings. The lowest BCUT2D eigenvalue weighted by atomic mass is 9.85. The number of aryl methyl sites for hydroxylation is 1. The summed E-state index contributed by atoms with van der Waals surface area (Å²) < 4.78 is 68.9. The fourth-order valence-electron chi connectivity index (χ4n) is 8.07. The van der Waals surface area contributed by atoms with Crippen LogP contribution in [0.4, 0.5) is 14.5 Å². The zero-order chi connectivity index (χ0) is 50.3. The highest BCUT2D eigenvalue weighted by Gasteiger charge is 2.44. The fourth-order valence-corrected chi connectivity index (χ4v) is 10.0. The van der Waals surface area contributed by atoms with E-state index >= 15 is 8.78 Å². The van der Waals surface area contributed by atoms with Crippen LogP contribution in [0, 0.1) is 24.0 Å². The van der Waals surface area contributed by atoms with Crippen LogP contribution in [0.5, 0.6) is 5.75 Å². The Labute approximate surface area is 408 Å². The van der Waals surface area contributed by atoms with Gasteiger partial charge in [-0.25, -0.2) is 27.2 Å². The standard InChI is InChI=1S/C50H55F2N7O9S2/c1-6-20-70(65,66)58-39-15-14-38(51)42(43(39)52)44(62)37-26-54-47-36(37)22-33(25-53-47)32-8-7-9-35(21-32)68-19-18-67-17-16-41(61)57-46(50(3,4)5)49(64)59-27-34(60)23-40(59)48(63)55-24-30-10-12-31(13-11-30)45-29(2)56-28-69-45/h7-15,21-22,25-26,28,34,40,46,58,60H,6,16-20,23-24,27H2,1-5H3,(H,53,54)(H,55,63)(H,57,61)/t34-,40+,46?/m1/s1. The number of aliphatic hydroxyl groups excluding tert-OH is 1. The third-order valence-corrected chi connectivity index (χ3v) is 14.1. The molecule has 370 valence electrons. The summed E-state index contributed by atoms with van der Waals surface area (Å²) in [5, 5.41) is 16.6. The van der Waals surface area contributed by atoms with Crippen LogP contribution in [-0.4, -0.2) is 107 Å². The van der Waals surface area contributed by atoms with Crippen molar-refractivity contribution in [2.24, 2.45) is 5.41 Å². The second-order valence-corrected chi connectivity index (χ2v) is 20.7. The Bertz CT molecular complexity index is 2990. The number of carbonyl (C=O) groups excluding carboxylic acids is 4. The number of halogens is 2. The number of aromatic amines is 1. The summed E-state index contributed by atoms with van der Waals surface area (Å²) in [6, 6.07) is 16.2. The molecule has 3 aromatic heterocycles. The number of nitrogens with zero attached hydrogens (tertiary/aromatic N) is 3. The van der Waals surface area contributed by atoms with E-state index in [0.717, 1.165) is 33.8 Å². The van der Waals surface area contributed by atoms with Crippen LogP contribution in [0.2, 0.25) is 0 Å². The number of ketones is 1. The van der Waals surface area contributed by atoms with E-state index in [2.05, 4.69) is 30.3 Å². The number of β-amino-alcohol motifs (C(OH)–C–C–N with tert-alkyl or cyclic N) is 1.